The van der Waals surface area contributed by atoms with Crippen molar-refractivity contribution >= 4 is 11.8 Å². The zero-order valence-corrected chi connectivity index (χ0v) is 10.9. The molecular formula is C12H24N2S. The number of rotatable bonds is 4. The van der Waals surface area contributed by atoms with Crippen LogP contribution in [0, 0.1) is 0 Å². The van der Waals surface area contributed by atoms with Crippen molar-refractivity contribution in [2.24, 2.45) is 0 Å². The van der Waals surface area contributed by atoms with E-state index in [1.54, 1.807) is 0 Å². The van der Waals surface area contributed by atoms with Crippen LogP contribution in [0.3, 0.4) is 0 Å². The van der Waals surface area contributed by atoms with Crippen LogP contribution in [0.5, 0.6) is 0 Å². The summed E-state index contributed by atoms with van der Waals surface area (Å²) in [4.78, 5) is 2.73. The van der Waals surface area contributed by atoms with Crippen LogP contribution >= 0.6 is 11.8 Å². The molecule has 0 spiro atoms. The van der Waals surface area contributed by atoms with Crippen LogP contribution in [0.1, 0.15) is 33.1 Å². The van der Waals surface area contributed by atoms with Gasteiger partial charge in [0, 0.05) is 30.4 Å². The third-order valence-corrected chi connectivity index (χ3v) is 4.78. The Morgan fingerprint density at radius 2 is 2.27 bits per heavy atom. The van der Waals surface area contributed by atoms with Gasteiger partial charge in [-0.25, -0.2) is 0 Å². The lowest BCUT2D eigenvalue weighted by Crippen LogP contribution is -2.47. The maximum atomic E-state index is 3.62. The van der Waals surface area contributed by atoms with E-state index < -0.39 is 0 Å². The Morgan fingerprint density at radius 1 is 1.40 bits per heavy atom. The van der Waals surface area contributed by atoms with E-state index in [0.717, 1.165) is 12.1 Å². The van der Waals surface area contributed by atoms with Crippen molar-refractivity contribution in [3.63, 3.8) is 0 Å². The van der Waals surface area contributed by atoms with Crippen LogP contribution in [0.25, 0.3) is 0 Å². The number of hydrogen-bond donors (Lipinski definition) is 1. The molecule has 2 nitrogen and oxygen atoms in total. The highest BCUT2D eigenvalue weighted by Crippen LogP contribution is 2.24. The van der Waals surface area contributed by atoms with E-state index in [1.807, 2.05) is 0 Å². The van der Waals surface area contributed by atoms with Crippen LogP contribution < -0.4 is 5.32 Å². The molecule has 15 heavy (non-hydrogen) atoms. The average molecular weight is 228 g/mol. The Labute approximate surface area is 98.2 Å². The van der Waals surface area contributed by atoms with E-state index in [4.69, 9.17) is 0 Å². The van der Waals surface area contributed by atoms with E-state index in [1.165, 1.54) is 43.9 Å². The molecule has 2 saturated heterocycles. The Balaban J connectivity index is 1.87. The Hall–Kier alpha value is 0.270. The maximum absolute atomic E-state index is 3.62. The van der Waals surface area contributed by atoms with Gasteiger partial charge in [0.25, 0.3) is 0 Å². The summed E-state index contributed by atoms with van der Waals surface area (Å²) in [5.41, 5.74) is 0. The standard InChI is InChI=1S/C12H24N2S/c1-10(2)14(12-5-7-15-9-12)8-11-4-3-6-13-11/h10-13H,3-9H2,1-2H3. The third-order valence-electron chi connectivity index (χ3n) is 3.63. The number of nitrogens with zero attached hydrogens (tertiary/aromatic N) is 1. The molecule has 2 rings (SSSR count). The van der Waals surface area contributed by atoms with E-state index in [9.17, 15) is 0 Å². The molecule has 0 radical (unpaired) electrons. The van der Waals surface area contributed by atoms with Gasteiger partial charge in [-0.2, -0.15) is 11.8 Å². The minimum absolute atomic E-state index is 0.705. The summed E-state index contributed by atoms with van der Waals surface area (Å²) in [6, 6.07) is 2.31. The lowest BCUT2D eigenvalue weighted by atomic mass is 10.1. The van der Waals surface area contributed by atoms with Crippen LogP contribution in [0.15, 0.2) is 0 Å². The van der Waals surface area contributed by atoms with Gasteiger partial charge in [0.1, 0.15) is 0 Å². The molecule has 0 aromatic heterocycles. The minimum Gasteiger partial charge on any atom is -0.313 e. The fourth-order valence-corrected chi connectivity index (χ4v) is 3.97. The Kier molecular flexibility index (Phi) is 4.35. The number of nitrogens with one attached hydrogen (secondary N) is 1. The van der Waals surface area contributed by atoms with Crippen LogP contribution in [0.2, 0.25) is 0 Å². The Bertz CT molecular complexity index is 184. The summed E-state index contributed by atoms with van der Waals surface area (Å²) >= 11 is 2.12. The lowest BCUT2D eigenvalue weighted by Gasteiger charge is -2.34. The van der Waals surface area contributed by atoms with Crippen molar-refractivity contribution in [3.8, 4) is 0 Å². The first-order valence-corrected chi connectivity index (χ1v) is 7.49. The summed E-state index contributed by atoms with van der Waals surface area (Å²) in [5.74, 6) is 2.72. The molecule has 0 aliphatic carbocycles. The predicted molar refractivity (Wildman–Crippen MR) is 68.6 cm³/mol. The summed E-state index contributed by atoms with van der Waals surface area (Å²) in [7, 11) is 0. The number of hydrogen-bond acceptors (Lipinski definition) is 3. The monoisotopic (exact) mass is 228 g/mol. The van der Waals surface area contributed by atoms with Gasteiger partial charge in [-0.1, -0.05) is 0 Å². The van der Waals surface area contributed by atoms with Crippen molar-refractivity contribution in [1.29, 1.82) is 0 Å². The smallest absolute Gasteiger partial charge is 0.0197 e. The molecule has 0 aromatic carbocycles. The molecule has 0 bridgehead atoms. The van der Waals surface area contributed by atoms with Gasteiger partial charge in [-0.05, 0) is 45.4 Å². The van der Waals surface area contributed by atoms with E-state index in [-0.39, 0.29) is 0 Å². The highest BCUT2D eigenvalue weighted by atomic mass is 32.2. The second-order valence-electron chi connectivity index (χ2n) is 5.10. The van der Waals surface area contributed by atoms with Crippen molar-refractivity contribution in [1.82, 2.24) is 10.2 Å². The fraction of sp³-hybridized carbons (Fsp3) is 1.00. The second kappa shape index (κ2) is 5.55. The third kappa shape index (κ3) is 3.11. The molecule has 2 aliphatic heterocycles. The molecule has 0 amide bonds. The highest BCUT2D eigenvalue weighted by molar-refractivity contribution is 7.99. The number of thioether (sulfide) groups is 1. The van der Waals surface area contributed by atoms with Crippen molar-refractivity contribution < 1.29 is 0 Å². The van der Waals surface area contributed by atoms with E-state index >= 15 is 0 Å². The molecule has 2 fully saturated rings. The van der Waals surface area contributed by atoms with E-state index in [0.29, 0.717) is 6.04 Å². The molecule has 88 valence electrons. The molecule has 0 saturated carbocycles. The summed E-state index contributed by atoms with van der Waals surface area (Å²) < 4.78 is 0. The highest BCUT2D eigenvalue weighted by Gasteiger charge is 2.27. The first kappa shape index (κ1) is 11.7. The molecule has 2 atom stereocenters. The molecule has 2 unspecified atom stereocenters. The lowest BCUT2D eigenvalue weighted by molar-refractivity contribution is 0.153. The quantitative estimate of drug-likeness (QED) is 0.792. The van der Waals surface area contributed by atoms with Gasteiger partial charge in [-0.3, -0.25) is 4.90 Å². The van der Waals surface area contributed by atoms with Gasteiger partial charge in [0.15, 0.2) is 0 Å². The van der Waals surface area contributed by atoms with Gasteiger partial charge < -0.3 is 5.32 Å². The van der Waals surface area contributed by atoms with Crippen molar-refractivity contribution in [2.45, 2.75) is 51.2 Å². The first-order valence-electron chi connectivity index (χ1n) is 6.34. The zero-order valence-electron chi connectivity index (χ0n) is 10.0. The second-order valence-corrected chi connectivity index (χ2v) is 6.25. The van der Waals surface area contributed by atoms with Crippen LogP contribution in [-0.2, 0) is 0 Å². The summed E-state index contributed by atoms with van der Waals surface area (Å²) in [6.07, 6.45) is 4.15. The maximum Gasteiger partial charge on any atom is 0.0197 e. The predicted octanol–water partition coefficient (Wildman–Crippen LogP) is 1.95. The first-order chi connectivity index (χ1) is 7.27. The molecule has 0 aromatic rings. The largest absolute Gasteiger partial charge is 0.313 e. The SMILES string of the molecule is CC(C)N(CC1CCCN1)C1CCSC1. The van der Waals surface area contributed by atoms with Crippen LogP contribution in [0.4, 0.5) is 0 Å². The molecule has 1 N–H and O–H groups in total. The average Bonchev–Trinajstić information content (AvgIpc) is 2.87. The molecule has 2 heterocycles. The van der Waals surface area contributed by atoms with Crippen LogP contribution in [-0.4, -0.2) is 47.6 Å². The molecular weight excluding hydrogens is 204 g/mol. The minimum atomic E-state index is 0.705. The van der Waals surface area contributed by atoms with Gasteiger partial charge >= 0.3 is 0 Å². The molecule has 3 heteroatoms. The van der Waals surface area contributed by atoms with Gasteiger partial charge in [0.05, 0.1) is 0 Å². The summed E-state index contributed by atoms with van der Waals surface area (Å²) in [5, 5.41) is 3.62. The van der Waals surface area contributed by atoms with Crippen molar-refractivity contribution in [2.75, 3.05) is 24.6 Å². The van der Waals surface area contributed by atoms with E-state index in [2.05, 4.69) is 35.8 Å². The van der Waals surface area contributed by atoms with Gasteiger partial charge in [0.2, 0.25) is 0 Å². The Morgan fingerprint density at radius 3 is 2.80 bits per heavy atom. The molecule has 2 aliphatic rings. The fourth-order valence-electron chi connectivity index (χ4n) is 2.73. The van der Waals surface area contributed by atoms with Crippen molar-refractivity contribution in [3.05, 3.63) is 0 Å². The van der Waals surface area contributed by atoms with Gasteiger partial charge in [-0.15, -0.1) is 0 Å². The topological polar surface area (TPSA) is 15.3 Å². The summed E-state index contributed by atoms with van der Waals surface area (Å²) in [6.45, 7) is 7.19. The zero-order chi connectivity index (χ0) is 10.7. The normalized spacial score (nSPS) is 32.0.